The van der Waals surface area contributed by atoms with E-state index in [1.807, 2.05) is 13.8 Å². The van der Waals surface area contributed by atoms with Gasteiger partial charge in [0.15, 0.2) is 12.1 Å². The fourth-order valence-electron chi connectivity index (χ4n) is 2.38. The molecule has 0 N–H and O–H groups in total. The Balaban J connectivity index is 2.15. The third kappa shape index (κ3) is 3.13. The van der Waals surface area contributed by atoms with Crippen LogP contribution in [-0.2, 0) is 9.47 Å². The first kappa shape index (κ1) is 14.0. The number of carbonyl (C=O) groups excluding carboxylic acids is 1. The molecule has 1 fully saturated rings. The van der Waals surface area contributed by atoms with E-state index < -0.39 is 5.60 Å². The van der Waals surface area contributed by atoms with Crippen molar-refractivity contribution in [2.45, 2.75) is 32.5 Å². The minimum atomic E-state index is -0.394. The van der Waals surface area contributed by atoms with Gasteiger partial charge in [-0.3, -0.25) is 4.79 Å². The van der Waals surface area contributed by atoms with E-state index >= 15 is 0 Å². The van der Waals surface area contributed by atoms with E-state index in [0.29, 0.717) is 31.2 Å². The SMILES string of the molecule is COCC1CN(C(=O)c2ncoc2C)CC(C)(C)O1. The van der Waals surface area contributed by atoms with Crippen molar-refractivity contribution in [2.24, 2.45) is 0 Å². The van der Waals surface area contributed by atoms with Crippen molar-refractivity contribution in [3.63, 3.8) is 0 Å². The Labute approximate surface area is 112 Å². The maximum Gasteiger partial charge on any atom is 0.276 e. The number of hydrogen-bond donors (Lipinski definition) is 0. The summed E-state index contributed by atoms with van der Waals surface area (Å²) in [4.78, 5) is 18.2. The zero-order chi connectivity index (χ0) is 14.0. The molecule has 2 rings (SSSR count). The summed E-state index contributed by atoms with van der Waals surface area (Å²) < 4.78 is 16.1. The lowest BCUT2D eigenvalue weighted by Gasteiger charge is -2.42. The second-order valence-corrected chi connectivity index (χ2v) is 5.40. The molecule has 1 aliphatic rings. The van der Waals surface area contributed by atoms with E-state index in [4.69, 9.17) is 13.9 Å². The molecule has 0 radical (unpaired) electrons. The molecule has 0 saturated carbocycles. The van der Waals surface area contributed by atoms with Crippen molar-refractivity contribution in [3.8, 4) is 0 Å². The lowest BCUT2D eigenvalue weighted by atomic mass is 10.0. The summed E-state index contributed by atoms with van der Waals surface area (Å²) in [5, 5.41) is 0. The zero-order valence-electron chi connectivity index (χ0n) is 11.8. The number of amides is 1. The third-order valence-electron chi connectivity index (χ3n) is 3.07. The van der Waals surface area contributed by atoms with Crippen molar-refractivity contribution >= 4 is 5.91 Å². The summed E-state index contributed by atoms with van der Waals surface area (Å²) in [5.74, 6) is 0.418. The molecule has 6 heteroatoms. The molecular formula is C13H20N2O4. The van der Waals surface area contributed by atoms with Gasteiger partial charge in [0.2, 0.25) is 0 Å². The van der Waals surface area contributed by atoms with Crippen LogP contribution in [0.1, 0.15) is 30.1 Å². The van der Waals surface area contributed by atoms with Crippen molar-refractivity contribution < 1.29 is 18.7 Å². The first-order valence-corrected chi connectivity index (χ1v) is 6.29. The molecule has 1 aromatic rings. The van der Waals surface area contributed by atoms with Crippen molar-refractivity contribution in [2.75, 3.05) is 26.8 Å². The van der Waals surface area contributed by atoms with Gasteiger partial charge in [-0.05, 0) is 20.8 Å². The molecule has 0 spiro atoms. The van der Waals surface area contributed by atoms with E-state index in [9.17, 15) is 4.79 Å². The van der Waals surface area contributed by atoms with Crippen LogP contribution in [0.3, 0.4) is 0 Å². The van der Waals surface area contributed by atoms with Gasteiger partial charge in [0, 0.05) is 20.2 Å². The van der Waals surface area contributed by atoms with Crippen molar-refractivity contribution in [1.82, 2.24) is 9.88 Å². The number of carbonyl (C=O) groups is 1. The summed E-state index contributed by atoms with van der Waals surface area (Å²) in [6.07, 6.45) is 1.17. The van der Waals surface area contributed by atoms with Crippen molar-refractivity contribution in [1.29, 1.82) is 0 Å². The molecule has 0 aromatic carbocycles. The maximum atomic E-state index is 12.4. The highest BCUT2D eigenvalue weighted by molar-refractivity contribution is 5.93. The number of rotatable bonds is 3. The van der Waals surface area contributed by atoms with E-state index in [1.54, 1.807) is 18.9 Å². The van der Waals surface area contributed by atoms with E-state index in [-0.39, 0.29) is 12.0 Å². The van der Waals surface area contributed by atoms with Gasteiger partial charge < -0.3 is 18.8 Å². The molecule has 106 valence electrons. The monoisotopic (exact) mass is 268 g/mol. The number of hydrogen-bond acceptors (Lipinski definition) is 5. The Morgan fingerprint density at radius 3 is 2.95 bits per heavy atom. The van der Waals surface area contributed by atoms with Crippen LogP contribution in [0.4, 0.5) is 0 Å². The van der Waals surface area contributed by atoms with Gasteiger partial charge in [-0.1, -0.05) is 0 Å². The fourth-order valence-corrected chi connectivity index (χ4v) is 2.38. The summed E-state index contributed by atoms with van der Waals surface area (Å²) >= 11 is 0. The zero-order valence-corrected chi connectivity index (χ0v) is 11.8. The van der Waals surface area contributed by atoms with Gasteiger partial charge in [-0.25, -0.2) is 4.98 Å². The quantitative estimate of drug-likeness (QED) is 0.825. The Hall–Kier alpha value is -1.40. The molecule has 0 bridgehead atoms. The molecule has 0 aliphatic carbocycles. The van der Waals surface area contributed by atoms with Gasteiger partial charge in [-0.2, -0.15) is 0 Å². The normalized spacial score (nSPS) is 22.5. The second-order valence-electron chi connectivity index (χ2n) is 5.40. The predicted molar refractivity (Wildman–Crippen MR) is 68.0 cm³/mol. The minimum Gasteiger partial charge on any atom is -0.448 e. The largest absolute Gasteiger partial charge is 0.448 e. The Morgan fingerprint density at radius 2 is 2.37 bits per heavy atom. The molecule has 2 heterocycles. The number of oxazole rings is 1. The highest BCUT2D eigenvalue weighted by Gasteiger charge is 2.36. The minimum absolute atomic E-state index is 0.120. The average molecular weight is 268 g/mol. The molecule has 1 atom stereocenters. The predicted octanol–water partition coefficient (Wildman–Crippen LogP) is 1.25. The number of methoxy groups -OCH3 is 1. The van der Waals surface area contributed by atoms with Crippen LogP contribution in [0, 0.1) is 6.92 Å². The second kappa shape index (κ2) is 5.30. The number of morpholine rings is 1. The Bertz CT molecular complexity index is 455. The van der Waals surface area contributed by atoms with Gasteiger partial charge in [0.25, 0.3) is 5.91 Å². The van der Waals surface area contributed by atoms with Gasteiger partial charge in [0.05, 0.1) is 18.3 Å². The first-order valence-electron chi connectivity index (χ1n) is 6.29. The van der Waals surface area contributed by atoms with Crippen molar-refractivity contribution in [3.05, 3.63) is 17.8 Å². The maximum absolute atomic E-state index is 12.4. The summed E-state index contributed by atoms with van der Waals surface area (Å²) in [6.45, 7) is 7.15. The highest BCUT2D eigenvalue weighted by atomic mass is 16.5. The summed E-state index contributed by atoms with van der Waals surface area (Å²) in [5.41, 5.74) is -0.0248. The van der Waals surface area contributed by atoms with E-state index in [1.165, 1.54) is 6.39 Å². The molecule has 1 aromatic heterocycles. The number of ether oxygens (including phenoxy) is 2. The Kier molecular flexibility index (Phi) is 3.91. The number of aromatic nitrogens is 1. The average Bonchev–Trinajstić information content (AvgIpc) is 2.73. The topological polar surface area (TPSA) is 64.8 Å². The summed E-state index contributed by atoms with van der Waals surface area (Å²) in [7, 11) is 1.62. The molecule has 1 unspecified atom stereocenters. The number of aryl methyl sites for hydroxylation is 1. The van der Waals surface area contributed by atoms with Crippen LogP contribution in [0.2, 0.25) is 0 Å². The summed E-state index contributed by atoms with van der Waals surface area (Å²) in [6, 6.07) is 0. The lowest BCUT2D eigenvalue weighted by molar-refractivity contribution is -0.143. The molecule has 6 nitrogen and oxygen atoms in total. The first-order chi connectivity index (χ1) is 8.93. The molecule has 1 amide bonds. The van der Waals surface area contributed by atoms with Gasteiger partial charge in [-0.15, -0.1) is 0 Å². The van der Waals surface area contributed by atoms with Crippen LogP contribution in [0.15, 0.2) is 10.8 Å². The molecule has 19 heavy (non-hydrogen) atoms. The number of nitrogens with zero attached hydrogens (tertiary/aromatic N) is 2. The lowest BCUT2D eigenvalue weighted by Crippen LogP contribution is -2.55. The standard InChI is InChI=1S/C13H20N2O4/c1-9-11(14-8-18-9)12(16)15-5-10(6-17-4)19-13(2,3)7-15/h8,10H,5-7H2,1-4H3. The van der Waals surface area contributed by atoms with E-state index in [2.05, 4.69) is 4.98 Å². The van der Waals surface area contributed by atoms with E-state index in [0.717, 1.165) is 0 Å². The van der Waals surface area contributed by atoms with Crippen LogP contribution < -0.4 is 0 Å². The molecular weight excluding hydrogens is 248 g/mol. The van der Waals surface area contributed by atoms with Crippen LogP contribution in [0.25, 0.3) is 0 Å². The Morgan fingerprint density at radius 1 is 1.63 bits per heavy atom. The van der Waals surface area contributed by atoms with Crippen LogP contribution in [-0.4, -0.2) is 54.3 Å². The molecule has 1 saturated heterocycles. The smallest absolute Gasteiger partial charge is 0.276 e. The highest BCUT2D eigenvalue weighted by Crippen LogP contribution is 2.23. The fraction of sp³-hybridized carbons (Fsp3) is 0.692. The third-order valence-corrected chi connectivity index (χ3v) is 3.07. The van der Waals surface area contributed by atoms with Gasteiger partial charge in [0.1, 0.15) is 5.76 Å². The van der Waals surface area contributed by atoms with Gasteiger partial charge >= 0.3 is 0 Å². The van der Waals surface area contributed by atoms with Crippen LogP contribution >= 0.6 is 0 Å². The van der Waals surface area contributed by atoms with Crippen LogP contribution in [0.5, 0.6) is 0 Å². The molecule has 1 aliphatic heterocycles.